The van der Waals surface area contributed by atoms with Crippen molar-refractivity contribution in [2.75, 3.05) is 18.5 Å². The van der Waals surface area contributed by atoms with Gasteiger partial charge in [0.2, 0.25) is 5.91 Å². The third-order valence-electron chi connectivity index (χ3n) is 4.30. The molecule has 1 heterocycles. The molecule has 27 heavy (non-hydrogen) atoms. The van der Waals surface area contributed by atoms with E-state index in [2.05, 4.69) is 5.32 Å². The topological polar surface area (TPSA) is 102 Å². The number of nitrogens with zero attached hydrogens (tertiary/aromatic N) is 2. The molecule has 8 heteroatoms. The van der Waals surface area contributed by atoms with Crippen LogP contribution in [0.1, 0.15) is 12.0 Å². The van der Waals surface area contributed by atoms with Crippen LogP contribution in [-0.2, 0) is 20.9 Å². The maximum Gasteiger partial charge on any atom is 0.323 e. The van der Waals surface area contributed by atoms with Crippen LogP contribution in [0.3, 0.4) is 0 Å². The van der Waals surface area contributed by atoms with Gasteiger partial charge in [0.1, 0.15) is 12.6 Å². The zero-order valence-corrected chi connectivity index (χ0v) is 14.5. The molecule has 1 N–H and O–H groups in total. The smallest absolute Gasteiger partial charge is 0.323 e. The number of hydrogen-bond acceptors (Lipinski definition) is 6. The molecule has 0 aromatic heterocycles. The minimum atomic E-state index is -0.669. The van der Waals surface area contributed by atoms with Crippen LogP contribution in [0.2, 0.25) is 0 Å². The number of cyclic esters (lactones) is 1. The highest BCUT2D eigenvalue weighted by molar-refractivity contribution is 5.94. The summed E-state index contributed by atoms with van der Waals surface area (Å²) >= 11 is 0. The fraction of sp³-hybridized carbons (Fsp3) is 0.263. The maximum atomic E-state index is 12.4. The summed E-state index contributed by atoms with van der Waals surface area (Å²) in [5, 5.41) is 13.3. The number of esters is 1. The molecule has 1 aliphatic heterocycles. The highest BCUT2D eigenvalue weighted by atomic mass is 16.6. The number of non-ortho nitro benzene ring substituents is 1. The number of hydrogen-bond donors (Lipinski definition) is 1. The Morgan fingerprint density at radius 3 is 2.56 bits per heavy atom. The monoisotopic (exact) mass is 369 g/mol. The van der Waals surface area contributed by atoms with Crippen molar-refractivity contribution in [3.8, 4) is 0 Å². The molecule has 1 atom stereocenters. The van der Waals surface area contributed by atoms with Crippen molar-refractivity contribution in [3.05, 3.63) is 70.3 Å². The van der Waals surface area contributed by atoms with Gasteiger partial charge in [0.25, 0.3) is 5.69 Å². The van der Waals surface area contributed by atoms with Gasteiger partial charge in [-0.25, -0.2) is 0 Å². The second kappa shape index (κ2) is 8.41. The predicted octanol–water partition coefficient (Wildman–Crippen LogP) is 2.35. The lowest BCUT2D eigenvalue weighted by Gasteiger charge is -2.33. The van der Waals surface area contributed by atoms with E-state index < -0.39 is 16.9 Å². The van der Waals surface area contributed by atoms with Crippen molar-refractivity contribution >= 4 is 23.3 Å². The zero-order chi connectivity index (χ0) is 19.2. The average Bonchev–Trinajstić information content (AvgIpc) is 2.66. The Labute approximate surface area is 155 Å². The van der Waals surface area contributed by atoms with Crippen LogP contribution >= 0.6 is 0 Å². The molecule has 140 valence electrons. The second-order valence-corrected chi connectivity index (χ2v) is 6.20. The van der Waals surface area contributed by atoms with Crippen LogP contribution in [-0.4, -0.2) is 40.9 Å². The summed E-state index contributed by atoms with van der Waals surface area (Å²) in [6.07, 6.45) is -0.0529. The number of carbonyl (C=O) groups is 2. The number of amides is 1. The maximum absolute atomic E-state index is 12.4. The Hall–Kier alpha value is -3.26. The third-order valence-corrected chi connectivity index (χ3v) is 4.30. The van der Waals surface area contributed by atoms with Gasteiger partial charge in [0, 0.05) is 30.9 Å². The molecule has 1 amide bonds. The van der Waals surface area contributed by atoms with E-state index in [-0.39, 0.29) is 18.0 Å². The lowest BCUT2D eigenvalue weighted by molar-refractivity contribution is -0.384. The average molecular weight is 369 g/mol. The molecule has 8 nitrogen and oxygen atoms in total. The molecule has 0 bridgehead atoms. The fourth-order valence-electron chi connectivity index (χ4n) is 2.94. The minimum absolute atomic E-state index is 0.0529. The van der Waals surface area contributed by atoms with E-state index in [9.17, 15) is 19.7 Å². The van der Waals surface area contributed by atoms with Gasteiger partial charge in [0.15, 0.2) is 0 Å². The molecule has 2 aromatic carbocycles. The van der Waals surface area contributed by atoms with Crippen molar-refractivity contribution in [2.24, 2.45) is 0 Å². The molecule has 0 aliphatic carbocycles. The molecule has 0 radical (unpaired) electrons. The first kappa shape index (κ1) is 18.5. The Balaban J connectivity index is 1.64. The highest BCUT2D eigenvalue weighted by Crippen LogP contribution is 2.19. The van der Waals surface area contributed by atoms with Gasteiger partial charge in [-0.1, -0.05) is 30.3 Å². The first-order chi connectivity index (χ1) is 13.0. The van der Waals surface area contributed by atoms with E-state index in [1.54, 1.807) is 0 Å². The molecule has 0 spiro atoms. The van der Waals surface area contributed by atoms with Crippen molar-refractivity contribution in [2.45, 2.75) is 19.0 Å². The summed E-state index contributed by atoms with van der Waals surface area (Å²) in [7, 11) is 0. The van der Waals surface area contributed by atoms with Crippen molar-refractivity contribution < 1.29 is 19.2 Å². The number of rotatable bonds is 6. The Bertz CT molecular complexity index is 823. The number of morpholine rings is 1. The first-order valence-electron chi connectivity index (χ1n) is 8.52. The van der Waals surface area contributed by atoms with E-state index in [1.165, 1.54) is 24.3 Å². The van der Waals surface area contributed by atoms with Crippen LogP contribution < -0.4 is 5.32 Å². The Kier molecular flexibility index (Phi) is 5.77. The number of benzene rings is 2. The third kappa shape index (κ3) is 4.89. The number of anilines is 1. The molecule has 3 rings (SSSR count). The van der Waals surface area contributed by atoms with Crippen molar-refractivity contribution in [1.82, 2.24) is 4.90 Å². The minimum Gasteiger partial charge on any atom is -0.463 e. The second-order valence-electron chi connectivity index (χ2n) is 6.20. The fourth-order valence-corrected chi connectivity index (χ4v) is 2.94. The van der Waals surface area contributed by atoms with Gasteiger partial charge >= 0.3 is 5.97 Å². The van der Waals surface area contributed by atoms with E-state index in [4.69, 9.17) is 4.74 Å². The van der Waals surface area contributed by atoms with E-state index in [1.807, 2.05) is 35.2 Å². The summed E-state index contributed by atoms with van der Waals surface area (Å²) < 4.78 is 5.12. The standard InChI is InChI=1S/C19H19N3O5/c23-18(20-15-6-8-16(9-7-15)22(25)26)12-17-19(24)27-11-10-21(17)13-14-4-2-1-3-5-14/h1-9,17H,10-13H2,(H,20,23). The molecule has 0 saturated carbocycles. The van der Waals surface area contributed by atoms with Crippen LogP contribution in [0.25, 0.3) is 0 Å². The van der Waals surface area contributed by atoms with E-state index in [0.717, 1.165) is 5.56 Å². The van der Waals surface area contributed by atoms with E-state index in [0.29, 0.717) is 25.4 Å². The summed E-state index contributed by atoms with van der Waals surface area (Å²) in [5.41, 5.74) is 1.43. The van der Waals surface area contributed by atoms with Crippen LogP contribution in [0.5, 0.6) is 0 Å². The Morgan fingerprint density at radius 2 is 1.89 bits per heavy atom. The lowest BCUT2D eigenvalue weighted by Crippen LogP contribution is -2.49. The van der Waals surface area contributed by atoms with Gasteiger partial charge in [0.05, 0.1) is 11.3 Å². The van der Waals surface area contributed by atoms with Crippen LogP contribution in [0.4, 0.5) is 11.4 Å². The SMILES string of the molecule is O=C(CC1C(=O)OCCN1Cc1ccccc1)Nc1ccc([N+](=O)[O-])cc1. The number of carbonyl (C=O) groups excluding carboxylic acids is 2. The summed E-state index contributed by atoms with van der Waals surface area (Å²) in [5.74, 6) is -0.776. The summed E-state index contributed by atoms with van der Waals surface area (Å²) in [6.45, 7) is 1.40. The molecular weight excluding hydrogens is 350 g/mol. The molecule has 1 unspecified atom stereocenters. The largest absolute Gasteiger partial charge is 0.463 e. The first-order valence-corrected chi connectivity index (χ1v) is 8.52. The molecule has 1 fully saturated rings. The quantitative estimate of drug-likeness (QED) is 0.476. The van der Waals surface area contributed by atoms with Gasteiger partial charge in [-0.2, -0.15) is 0 Å². The molecule has 2 aromatic rings. The van der Waals surface area contributed by atoms with Gasteiger partial charge in [-0.15, -0.1) is 0 Å². The van der Waals surface area contributed by atoms with Crippen LogP contribution in [0.15, 0.2) is 54.6 Å². The number of ether oxygens (including phenoxy) is 1. The van der Waals surface area contributed by atoms with Gasteiger partial charge in [-0.3, -0.25) is 24.6 Å². The Morgan fingerprint density at radius 1 is 1.19 bits per heavy atom. The zero-order valence-electron chi connectivity index (χ0n) is 14.5. The number of nitro benzene ring substituents is 1. The summed E-state index contributed by atoms with van der Waals surface area (Å²) in [6, 6.07) is 14.6. The lowest BCUT2D eigenvalue weighted by atomic mass is 10.1. The highest BCUT2D eigenvalue weighted by Gasteiger charge is 2.33. The predicted molar refractivity (Wildman–Crippen MR) is 97.9 cm³/mol. The number of nitrogens with one attached hydrogen (secondary N) is 1. The number of nitro groups is 1. The van der Waals surface area contributed by atoms with Gasteiger partial charge in [-0.05, 0) is 17.7 Å². The van der Waals surface area contributed by atoms with E-state index >= 15 is 0 Å². The molecule has 1 saturated heterocycles. The normalized spacial score (nSPS) is 17.2. The molecular formula is C19H19N3O5. The molecule has 1 aliphatic rings. The van der Waals surface area contributed by atoms with Crippen molar-refractivity contribution in [1.29, 1.82) is 0 Å². The van der Waals surface area contributed by atoms with Crippen LogP contribution in [0, 0.1) is 10.1 Å². The van der Waals surface area contributed by atoms with Gasteiger partial charge < -0.3 is 10.1 Å². The summed E-state index contributed by atoms with van der Waals surface area (Å²) in [4.78, 5) is 36.6. The van der Waals surface area contributed by atoms with Crippen molar-refractivity contribution in [3.63, 3.8) is 0 Å².